The van der Waals surface area contributed by atoms with Crippen LogP contribution in [0.5, 0.6) is 5.75 Å². The van der Waals surface area contributed by atoms with Gasteiger partial charge in [0.15, 0.2) is 5.15 Å². The van der Waals surface area contributed by atoms with Crippen LogP contribution in [-0.4, -0.2) is 28.8 Å². The van der Waals surface area contributed by atoms with Gasteiger partial charge in [-0.1, -0.05) is 47.1 Å². The number of aromatic nitrogens is 2. The number of benzene rings is 2. The summed E-state index contributed by atoms with van der Waals surface area (Å²) in [5.74, 6) is 0.545. The lowest BCUT2D eigenvalue weighted by molar-refractivity contribution is -0.138. The van der Waals surface area contributed by atoms with Crippen LogP contribution >= 0.6 is 35.0 Å². The Morgan fingerprint density at radius 2 is 1.89 bits per heavy atom. The molecule has 0 aliphatic rings. The van der Waals surface area contributed by atoms with E-state index in [4.69, 9.17) is 32.7 Å². The van der Waals surface area contributed by atoms with Gasteiger partial charge in [0.05, 0.1) is 23.5 Å². The van der Waals surface area contributed by atoms with E-state index in [-0.39, 0.29) is 11.9 Å². The van der Waals surface area contributed by atoms with Crippen molar-refractivity contribution in [3.05, 3.63) is 58.7 Å². The quantitative estimate of drug-likeness (QED) is 0.299. The molecule has 0 fully saturated rings. The fourth-order valence-corrected chi connectivity index (χ4v) is 3.50. The number of carbonyl (C=O) groups excluding carboxylic acids is 1. The summed E-state index contributed by atoms with van der Waals surface area (Å²) in [6.07, 6.45) is 0. The van der Waals surface area contributed by atoms with E-state index in [2.05, 4.69) is 5.10 Å². The number of hydrogen-bond acceptors (Lipinski definition) is 5. The minimum Gasteiger partial charge on any atom is -0.495 e. The molecule has 140 valence electrons. The van der Waals surface area contributed by atoms with Gasteiger partial charge < -0.3 is 9.47 Å². The Labute approximate surface area is 171 Å². The smallest absolute Gasteiger partial charge is 0.303 e. The first-order chi connectivity index (χ1) is 13.0. The molecule has 0 saturated carbocycles. The van der Waals surface area contributed by atoms with Crippen LogP contribution in [0.2, 0.25) is 10.2 Å². The SMILES string of the molecule is COc1cc(-n2nc(Cl)cc2-c2ccc(SCOC(C)=O)cc2)ccc1Cl. The van der Waals surface area contributed by atoms with Crippen molar-refractivity contribution in [3.8, 4) is 22.7 Å². The van der Waals surface area contributed by atoms with Gasteiger partial charge in [-0.25, -0.2) is 4.68 Å². The third-order valence-corrected chi connectivity index (χ3v) is 5.03. The van der Waals surface area contributed by atoms with Gasteiger partial charge in [0.1, 0.15) is 11.7 Å². The Kier molecular flexibility index (Phi) is 6.31. The number of carbonyl (C=O) groups is 1. The predicted octanol–water partition coefficient (Wildman–Crippen LogP) is 5.47. The molecule has 0 unspecified atom stereocenters. The standard InChI is InChI=1S/C19H16Cl2N2O3S/c1-12(24)26-11-27-15-6-3-13(4-7-15)17-10-19(21)22-23(17)14-5-8-16(20)18(9-14)25-2/h3-10H,11H2,1-2H3. The van der Waals surface area contributed by atoms with Gasteiger partial charge in [0.25, 0.3) is 0 Å². The zero-order chi connectivity index (χ0) is 19.4. The number of esters is 1. The Morgan fingerprint density at radius 3 is 2.56 bits per heavy atom. The van der Waals surface area contributed by atoms with Gasteiger partial charge in [-0.2, -0.15) is 5.10 Å². The molecule has 0 bridgehead atoms. The molecule has 0 saturated heterocycles. The van der Waals surface area contributed by atoms with Crippen LogP contribution in [0.4, 0.5) is 0 Å². The van der Waals surface area contributed by atoms with Crippen LogP contribution in [0.1, 0.15) is 6.92 Å². The summed E-state index contributed by atoms with van der Waals surface area (Å²) in [7, 11) is 1.56. The molecule has 1 aromatic heterocycles. The average molecular weight is 423 g/mol. The molecular formula is C19H16Cl2N2O3S. The summed E-state index contributed by atoms with van der Waals surface area (Å²) in [4.78, 5) is 11.8. The summed E-state index contributed by atoms with van der Waals surface area (Å²) in [5, 5.41) is 5.28. The number of thioether (sulfide) groups is 1. The maximum Gasteiger partial charge on any atom is 0.303 e. The van der Waals surface area contributed by atoms with Crippen molar-refractivity contribution in [1.82, 2.24) is 9.78 Å². The number of methoxy groups -OCH3 is 1. The highest BCUT2D eigenvalue weighted by Gasteiger charge is 2.13. The molecule has 0 radical (unpaired) electrons. The summed E-state index contributed by atoms with van der Waals surface area (Å²) in [5.41, 5.74) is 2.56. The minimum atomic E-state index is -0.295. The lowest BCUT2D eigenvalue weighted by atomic mass is 10.1. The highest BCUT2D eigenvalue weighted by atomic mass is 35.5. The number of halogens is 2. The van der Waals surface area contributed by atoms with Crippen LogP contribution in [0.25, 0.3) is 16.9 Å². The van der Waals surface area contributed by atoms with Crippen molar-refractivity contribution < 1.29 is 14.3 Å². The largest absolute Gasteiger partial charge is 0.495 e. The molecule has 0 atom stereocenters. The normalized spacial score (nSPS) is 10.7. The maximum absolute atomic E-state index is 10.8. The van der Waals surface area contributed by atoms with Crippen LogP contribution in [0.15, 0.2) is 53.4 Å². The summed E-state index contributed by atoms with van der Waals surface area (Å²) < 4.78 is 12.0. The summed E-state index contributed by atoms with van der Waals surface area (Å²) in [6, 6.07) is 15.0. The molecule has 1 heterocycles. The Morgan fingerprint density at radius 1 is 1.15 bits per heavy atom. The molecule has 0 aliphatic carbocycles. The molecule has 0 spiro atoms. The second-order valence-corrected chi connectivity index (χ2v) is 7.30. The Bertz CT molecular complexity index is 958. The van der Waals surface area contributed by atoms with Gasteiger partial charge >= 0.3 is 5.97 Å². The highest BCUT2D eigenvalue weighted by Crippen LogP contribution is 2.31. The van der Waals surface area contributed by atoms with Crippen molar-refractivity contribution in [2.24, 2.45) is 0 Å². The summed E-state index contributed by atoms with van der Waals surface area (Å²) in [6.45, 7) is 1.39. The van der Waals surface area contributed by atoms with Crippen molar-refractivity contribution in [2.45, 2.75) is 11.8 Å². The fourth-order valence-electron chi connectivity index (χ4n) is 2.44. The predicted molar refractivity (Wildman–Crippen MR) is 108 cm³/mol. The van der Waals surface area contributed by atoms with E-state index in [1.807, 2.05) is 30.3 Å². The van der Waals surface area contributed by atoms with Crippen molar-refractivity contribution >= 4 is 40.9 Å². The van der Waals surface area contributed by atoms with Crippen LogP contribution in [0.3, 0.4) is 0 Å². The topological polar surface area (TPSA) is 53.4 Å². The second-order valence-electron chi connectivity index (χ2n) is 5.51. The molecule has 0 amide bonds. The zero-order valence-electron chi connectivity index (χ0n) is 14.6. The molecule has 8 heteroatoms. The maximum atomic E-state index is 10.8. The molecule has 2 aromatic carbocycles. The van der Waals surface area contributed by atoms with E-state index in [1.165, 1.54) is 18.7 Å². The lowest BCUT2D eigenvalue weighted by Gasteiger charge is -2.10. The molecule has 0 aliphatic heterocycles. The van der Waals surface area contributed by atoms with Crippen molar-refractivity contribution in [1.29, 1.82) is 0 Å². The van der Waals surface area contributed by atoms with Crippen LogP contribution in [0, 0.1) is 0 Å². The van der Waals surface area contributed by atoms with E-state index in [9.17, 15) is 4.79 Å². The Balaban J connectivity index is 1.89. The first kappa shape index (κ1) is 19.6. The number of rotatable bonds is 6. The first-order valence-electron chi connectivity index (χ1n) is 7.94. The molecule has 5 nitrogen and oxygen atoms in total. The van der Waals surface area contributed by atoms with Gasteiger partial charge in [0.2, 0.25) is 0 Å². The number of nitrogens with zero attached hydrogens (tertiary/aromatic N) is 2. The number of hydrogen-bond donors (Lipinski definition) is 0. The van der Waals surface area contributed by atoms with Crippen molar-refractivity contribution in [2.75, 3.05) is 13.0 Å². The van der Waals surface area contributed by atoms with E-state index in [0.29, 0.717) is 15.9 Å². The van der Waals surface area contributed by atoms with Gasteiger partial charge in [-0.05, 0) is 24.3 Å². The summed E-state index contributed by atoms with van der Waals surface area (Å²) >= 11 is 13.7. The Hall–Kier alpha value is -2.15. The lowest BCUT2D eigenvalue weighted by Crippen LogP contribution is -2.00. The zero-order valence-corrected chi connectivity index (χ0v) is 16.9. The van der Waals surface area contributed by atoms with E-state index in [0.717, 1.165) is 21.8 Å². The third kappa shape index (κ3) is 4.77. The molecule has 3 aromatic rings. The van der Waals surface area contributed by atoms with E-state index >= 15 is 0 Å². The van der Waals surface area contributed by atoms with Gasteiger partial charge in [-0.15, -0.1) is 0 Å². The van der Waals surface area contributed by atoms with Crippen molar-refractivity contribution in [3.63, 3.8) is 0 Å². The number of ether oxygens (including phenoxy) is 2. The van der Waals surface area contributed by atoms with E-state index < -0.39 is 0 Å². The minimum absolute atomic E-state index is 0.281. The van der Waals surface area contributed by atoms with Crippen LogP contribution < -0.4 is 4.74 Å². The highest BCUT2D eigenvalue weighted by molar-refractivity contribution is 7.99. The van der Waals surface area contributed by atoms with Gasteiger partial charge in [-0.3, -0.25) is 4.79 Å². The molecule has 27 heavy (non-hydrogen) atoms. The van der Waals surface area contributed by atoms with Crippen LogP contribution in [-0.2, 0) is 9.53 Å². The average Bonchev–Trinajstić information content (AvgIpc) is 3.04. The molecular weight excluding hydrogens is 407 g/mol. The second kappa shape index (κ2) is 8.69. The fraction of sp³-hybridized carbons (Fsp3) is 0.158. The molecule has 0 N–H and O–H groups in total. The first-order valence-corrected chi connectivity index (χ1v) is 9.68. The third-order valence-electron chi connectivity index (χ3n) is 3.70. The monoisotopic (exact) mass is 422 g/mol. The van der Waals surface area contributed by atoms with Gasteiger partial charge in [0, 0.05) is 29.5 Å². The molecule has 3 rings (SSSR count). The van der Waals surface area contributed by atoms with E-state index in [1.54, 1.807) is 30.0 Å².